The molecule has 0 unspecified atom stereocenters. The van der Waals surface area contributed by atoms with Crippen LogP contribution in [-0.2, 0) is 14.6 Å². The summed E-state index contributed by atoms with van der Waals surface area (Å²) in [5, 5.41) is 0. The highest BCUT2D eigenvalue weighted by molar-refractivity contribution is 5.88. The third kappa shape index (κ3) is 3.53. The molecular formula is C9H15O3. The van der Waals surface area contributed by atoms with Gasteiger partial charge in [-0.05, 0) is 12.3 Å². The fraction of sp³-hybridized carbons (Fsp3) is 0.556. The number of carbonyl (C=O) groups is 1. The molecule has 0 saturated heterocycles. The second-order valence-electron chi connectivity index (χ2n) is 3.43. The van der Waals surface area contributed by atoms with E-state index in [1.54, 1.807) is 6.92 Å². The zero-order valence-electron chi connectivity index (χ0n) is 8.01. The lowest BCUT2D eigenvalue weighted by atomic mass is 9.88. The van der Waals surface area contributed by atoms with Gasteiger partial charge in [0.2, 0.25) is 0 Å². The SMILES string of the molecule is C=C(C(=O)OO[CH]C)C(C)(C)C. The van der Waals surface area contributed by atoms with Gasteiger partial charge in [-0.3, -0.25) is 4.89 Å². The molecule has 0 heterocycles. The third-order valence-electron chi connectivity index (χ3n) is 1.37. The van der Waals surface area contributed by atoms with Gasteiger partial charge in [0.25, 0.3) is 0 Å². The summed E-state index contributed by atoms with van der Waals surface area (Å²) in [5.41, 5.74) is 0.109. The fourth-order valence-corrected chi connectivity index (χ4v) is 0.448. The van der Waals surface area contributed by atoms with E-state index in [4.69, 9.17) is 0 Å². The summed E-state index contributed by atoms with van der Waals surface area (Å²) in [6.45, 7) is 12.2. The van der Waals surface area contributed by atoms with E-state index in [9.17, 15) is 4.79 Å². The van der Waals surface area contributed by atoms with Gasteiger partial charge in [-0.15, -0.1) is 0 Å². The minimum absolute atomic E-state index is 0.284. The van der Waals surface area contributed by atoms with Gasteiger partial charge >= 0.3 is 5.97 Å². The van der Waals surface area contributed by atoms with E-state index in [1.165, 1.54) is 6.61 Å². The Bertz CT molecular complexity index is 177. The van der Waals surface area contributed by atoms with Crippen LogP contribution in [0.2, 0.25) is 0 Å². The molecule has 0 bridgehead atoms. The molecule has 0 fully saturated rings. The molecule has 0 aromatic carbocycles. The van der Waals surface area contributed by atoms with Gasteiger partial charge in [-0.25, -0.2) is 4.79 Å². The van der Waals surface area contributed by atoms with Crippen molar-refractivity contribution in [1.82, 2.24) is 0 Å². The molecule has 0 aliphatic carbocycles. The van der Waals surface area contributed by atoms with Crippen molar-refractivity contribution in [2.75, 3.05) is 0 Å². The molecule has 12 heavy (non-hydrogen) atoms. The van der Waals surface area contributed by atoms with Crippen LogP contribution in [0.4, 0.5) is 0 Å². The number of hydrogen-bond acceptors (Lipinski definition) is 3. The molecule has 3 nitrogen and oxygen atoms in total. The van der Waals surface area contributed by atoms with Crippen LogP contribution in [0, 0.1) is 12.0 Å². The fourth-order valence-electron chi connectivity index (χ4n) is 0.448. The van der Waals surface area contributed by atoms with Gasteiger partial charge < -0.3 is 0 Å². The third-order valence-corrected chi connectivity index (χ3v) is 1.37. The predicted molar refractivity (Wildman–Crippen MR) is 45.7 cm³/mol. The summed E-state index contributed by atoms with van der Waals surface area (Å²) in [5.74, 6) is -0.527. The zero-order chi connectivity index (χ0) is 9.78. The minimum atomic E-state index is -0.527. The van der Waals surface area contributed by atoms with Crippen molar-refractivity contribution >= 4 is 5.97 Å². The second-order valence-corrected chi connectivity index (χ2v) is 3.43. The Morgan fingerprint density at radius 2 is 1.92 bits per heavy atom. The molecule has 3 heteroatoms. The maximum Gasteiger partial charge on any atom is 0.369 e. The van der Waals surface area contributed by atoms with Crippen molar-refractivity contribution in [3.63, 3.8) is 0 Å². The summed E-state index contributed by atoms with van der Waals surface area (Å²) in [6, 6.07) is 0. The molecule has 0 aromatic heterocycles. The Morgan fingerprint density at radius 3 is 2.25 bits per heavy atom. The first-order valence-corrected chi connectivity index (χ1v) is 3.74. The van der Waals surface area contributed by atoms with E-state index in [-0.39, 0.29) is 5.41 Å². The molecule has 0 N–H and O–H groups in total. The smallest absolute Gasteiger partial charge is 0.293 e. The summed E-state index contributed by atoms with van der Waals surface area (Å²) in [6.07, 6.45) is 0. The van der Waals surface area contributed by atoms with Gasteiger partial charge in [0.1, 0.15) is 6.61 Å². The Kier molecular flexibility index (Phi) is 3.96. The molecule has 0 aliphatic heterocycles. The lowest BCUT2D eigenvalue weighted by Crippen LogP contribution is -2.18. The van der Waals surface area contributed by atoms with Crippen molar-refractivity contribution in [3.8, 4) is 0 Å². The molecule has 0 rings (SSSR count). The van der Waals surface area contributed by atoms with E-state index in [0.29, 0.717) is 5.57 Å². The summed E-state index contributed by atoms with van der Waals surface area (Å²) >= 11 is 0. The normalized spacial score (nSPS) is 11.0. The standard InChI is InChI=1S/C9H15O3/c1-6-11-12-8(10)7(2)9(3,4)5/h6H,2H2,1,3-5H3. The molecule has 0 aliphatic rings. The molecule has 1 radical (unpaired) electrons. The maximum absolute atomic E-state index is 11.1. The molecule has 0 atom stereocenters. The predicted octanol–water partition coefficient (Wildman–Crippen LogP) is 2.25. The average Bonchev–Trinajstić information content (AvgIpc) is 1.97. The summed E-state index contributed by atoms with van der Waals surface area (Å²) < 4.78 is 0. The minimum Gasteiger partial charge on any atom is -0.293 e. The van der Waals surface area contributed by atoms with Crippen LogP contribution in [0.25, 0.3) is 0 Å². The largest absolute Gasteiger partial charge is 0.369 e. The van der Waals surface area contributed by atoms with Crippen LogP contribution in [0.5, 0.6) is 0 Å². The van der Waals surface area contributed by atoms with Crippen LogP contribution in [-0.4, -0.2) is 5.97 Å². The van der Waals surface area contributed by atoms with E-state index in [0.717, 1.165) is 0 Å². The van der Waals surface area contributed by atoms with Gasteiger partial charge in [0.05, 0.1) is 0 Å². The average molecular weight is 171 g/mol. The van der Waals surface area contributed by atoms with Crippen molar-refractivity contribution in [1.29, 1.82) is 0 Å². The van der Waals surface area contributed by atoms with Crippen LogP contribution in [0.3, 0.4) is 0 Å². The lowest BCUT2D eigenvalue weighted by molar-refractivity contribution is -0.247. The van der Waals surface area contributed by atoms with Crippen molar-refractivity contribution in [2.45, 2.75) is 27.7 Å². The highest BCUT2D eigenvalue weighted by atomic mass is 17.2. The van der Waals surface area contributed by atoms with Crippen molar-refractivity contribution in [3.05, 3.63) is 18.8 Å². The van der Waals surface area contributed by atoms with Gasteiger partial charge in [0, 0.05) is 5.57 Å². The number of hydrogen-bond donors (Lipinski definition) is 0. The Morgan fingerprint density at radius 1 is 1.42 bits per heavy atom. The van der Waals surface area contributed by atoms with Crippen LogP contribution < -0.4 is 0 Å². The van der Waals surface area contributed by atoms with Crippen LogP contribution in [0.15, 0.2) is 12.2 Å². The van der Waals surface area contributed by atoms with Gasteiger partial charge in [-0.2, -0.15) is 4.89 Å². The highest BCUT2D eigenvalue weighted by Crippen LogP contribution is 2.24. The number of rotatable bonds is 3. The molecule has 69 valence electrons. The quantitative estimate of drug-likeness (QED) is 0.371. The molecule has 0 saturated carbocycles. The van der Waals surface area contributed by atoms with E-state index >= 15 is 0 Å². The summed E-state index contributed by atoms with van der Waals surface area (Å²) in [4.78, 5) is 19.8. The lowest BCUT2D eigenvalue weighted by Gasteiger charge is -2.18. The van der Waals surface area contributed by atoms with Crippen molar-refractivity contribution < 1.29 is 14.6 Å². The molecule has 0 amide bonds. The first kappa shape index (κ1) is 11.2. The maximum atomic E-state index is 11.1. The van der Waals surface area contributed by atoms with E-state index in [1.807, 2.05) is 20.8 Å². The van der Waals surface area contributed by atoms with Gasteiger partial charge in [0.15, 0.2) is 0 Å². The summed E-state index contributed by atoms with van der Waals surface area (Å²) in [7, 11) is 0. The topological polar surface area (TPSA) is 35.5 Å². The molecule has 0 aromatic rings. The first-order chi connectivity index (χ1) is 5.39. The highest BCUT2D eigenvalue weighted by Gasteiger charge is 2.23. The van der Waals surface area contributed by atoms with Gasteiger partial charge in [-0.1, -0.05) is 27.4 Å². The van der Waals surface area contributed by atoms with Crippen molar-refractivity contribution in [2.24, 2.45) is 5.41 Å². The number of carbonyl (C=O) groups excluding carboxylic acids is 1. The van der Waals surface area contributed by atoms with E-state index in [2.05, 4.69) is 16.4 Å². The molecular weight excluding hydrogens is 156 g/mol. The van der Waals surface area contributed by atoms with E-state index < -0.39 is 5.97 Å². The van der Waals surface area contributed by atoms with Crippen LogP contribution >= 0.6 is 0 Å². The molecule has 0 spiro atoms. The Hall–Kier alpha value is -0.830. The zero-order valence-corrected chi connectivity index (χ0v) is 8.01. The van der Waals surface area contributed by atoms with Crippen LogP contribution in [0.1, 0.15) is 27.7 Å². The first-order valence-electron chi connectivity index (χ1n) is 3.74. The Balaban J connectivity index is 4.04. The Labute approximate surface area is 73.3 Å². The monoisotopic (exact) mass is 171 g/mol. The second kappa shape index (κ2) is 4.26.